The van der Waals surface area contributed by atoms with Crippen molar-refractivity contribution in [3.8, 4) is 0 Å². The van der Waals surface area contributed by atoms with Crippen LogP contribution in [0.2, 0.25) is 0 Å². The summed E-state index contributed by atoms with van der Waals surface area (Å²) in [6, 6.07) is 8.76. The first-order valence-electron chi connectivity index (χ1n) is 8.38. The number of hydrogen-bond acceptors (Lipinski definition) is 4. The van der Waals surface area contributed by atoms with Gasteiger partial charge in [-0.3, -0.25) is 9.36 Å². The number of nitrogens with zero attached hydrogens (tertiary/aromatic N) is 2. The molecule has 0 aliphatic heterocycles. The lowest BCUT2D eigenvalue weighted by Gasteiger charge is -2.16. The van der Waals surface area contributed by atoms with E-state index in [-0.39, 0.29) is 5.56 Å². The summed E-state index contributed by atoms with van der Waals surface area (Å²) in [5.41, 5.74) is 1.87. The molecule has 1 aliphatic carbocycles. The zero-order valence-electron chi connectivity index (χ0n) is 13.9. The van der Waals surface area contributed by atoms with E-state index in [1.54, 1.807) is 18.3 Å². The molecular formula is C19H18N2O3S. The van der Waals surface area contributed by atoms with Gasteiger partial charge in [0.1, 0.15) is 16.7 Å². The highest BCUT2D eigenvalue weighted by molar-refractivity contribution is 7.18. The molecule has 25 heavy (non-hydrogen) atoms. The maximum absolute atomic E-state index is 13.2. The van der Waals surface area contributed by atoms with Crippen molar-refractivity contribution >= 4 is 27.5 Å². The smallest absolute Gasteiger partial charge is 0.326 e. The normalized spacial score (nSPS) is 14.6. The topological polar surface area (TPSA) is 72.2 Å². The van der Waals surface area contributed by atoms with Crippen LogP contribution in [0.15, 0.2) is 35.1 Å². The first-order valence-corrected chi connectivity index (χ1v) is 9.20. The molecule has 6 heteroatoms. The molecule has 0 radical (unpaired) electrons. The fourth-order valence-corrected chi connectivity index (χ4v) is 4.78. The molecule has 1 atom stereocenters. The Bertz CT molecular complexity index is 1020. The Labute approximate surface area is 148 Å². The summed E-state index contributed by atoms with van der Waals surface area (Å²) in [6.07, 6.45) is 3.35. The Morgan fingerprint density at radius 2 is 2.08 bits per heavy atom. The second-order valence-corrected chi connectivity index (χ2v) is 7.50. The lowest BCUT2D eigenvalue weighted by molar-refractivity contribution is -0.140. The van der Waals surface area contributed by atoms with E-state index in [1.165, 1.54) is 9.44 Å². The van der Waals surface area contributed by atoms with E-state index in [9.17, 15) is 14.7 Å². The van der Waals surface area contributed by atoms with E-state index in [1.807, 2.05) is 30.3 Å². The number of benzene rings is 1. The van der Waals surface area contributed by atoms with E-state index in [0.29, 0.717) is 17.6 Å². The highest BCUT2D eigenvalue weighted by Gasteiger charge is 2.26. The summed E-state index contributed by atoms with van der Waals surface area (Å²) in [4.78, 5) is 31.4. The van der Waals surface area contributed by atoms with Crippen molar-refractivity contribution in [3.63, 3.8) is 0 Å². The first kappa shape index (κ1) is 16.0. The van der Waals surface area contributed by atoms with E-state index in [2.05, 4.69) is 0 Å². The summed E-state index contributed by atoms with van der Waals surface area (Å²) >= 11 is 1.58. The van der Waals surface area contributed by atoms with Gasteiger partial charge in [-0.25, -0.2) is 9.78 Å². The second kappa shape index (κ2) is 6.11. The van der Waals surface area contributed by atoms with Gasteiger partial charge in [-0.2, -0.15) is 0 Å². The maximum atomic E-state index is 13.2. The Balaban J connectivity index is 1.95. The average Bonchev–Trinajstić information content (AvgIpc) is 3.16. The summed E-state index contributed by atoms with van der Waals surface area (Å²) in [7, 11) is 0. The number of aromatic nitrogens is 2. The molecule has 0 saturated carbocycles. The first-order chi connectivity index (χ1) is 12.1. The van der Waals surface area contributed by atoms with Gasteiger partial charge < -0.3 is 5.11 Å². The third-order valence-electron chi connectivity index (χ3n) is 4.79. The number of carbonyl (C=O) groups is 1. The summed E-state index contributed by atoms with van der Waals surface area (Å²) in [5.74, 6) is -0.511. The van der Waals surface area contributed by atoms with Crippen molar-refractivity contribution in [2.24, 2.45) is 0 Å². The molecule has 1 N–H and O–H groups in total. The van der Waals surface area contributed by atoms with Crippen LogP contribution < -0.4 is 5.56 Å². The zero-order valence-corrected chi connectivity index (χ0v) is 14.7. The van der Waals surface area contributed by atoms with Crippen molar-refractivity contribution in [2.45, 2.75) is 38.6 Å². The van der Waals surface area contributed by atoms with Crippen molar-refractivity contribution < 1.29 is 9.90 Å². The summed E-state index contributed by atoms with van der Waals surface area (Å²) in [5, 5.41) is 10.1. The fraction of sp³-hybridized carbons (Fsp3) is 0.316. The highest BCUT2D eigenvalue weighted by atomic mass is 32.1. The number of hydrogen-bond donors (Lipinski definition) is 1. The predicted molar refractivity (Wildman–Crippen MR) is 97.5 cm³/mol. The maximum Gasteiger partial charge on any atom is 0.326 e. The molecule has 4 rings (SSSR count). The number of carboxylic acids is 1. The molecule has 0 bridgehead atoms. The van der Waals surface area contributed by atoms with Gasteiger partial charge in [0.2, 0.25) is 0 Å². The molecular weight excluding hydrogens is 336 g/mol. The van der Waals surface area contributed by atoms with E-state index in [4.69, 9.17) is 4.98 Å². The Kier molecular flexibility index (Phi) is 3.92. The van der Waals surface area contributed by atoms with Gasteiger partial charge in [0.25, 0.3) is 5.56 Å². The van der Waals surface area contributed by atoms with Crippen LogP contribution in [0.5, 0.6) is 0 Å². The number of aryl methyl sites for hydroxylation is 2. The molecule has 0 spiro atoms. The largest absolute Gasteiger partial charge is 0.480 e. The molecule has 3 aromatic rings. The molecule has 0 amide bonds. The molecule has 0 saturated heterocycles. The van der Waals surface area contributed by atoms with Crippen molar-refractivity contribution in [1.29, 1.82) is 0 Å². The quantitative estimate of drug-likeness (QED) is 0.781. The highest BCUT2D eigenvalue weighted by Crippen LogP contribution is 2.35. The molecule has 2 heterocycles. The third kappa shape index (κ3) is 2.66. The van der Waals surface area contributed by atoms with Crippen LogP contribution in [-0.4, -0.2) is 20.6 Å². The molecule has 2 aromatic heterocycles. The lowest BCUT2D eigenvalue weighted by atomic mass is 10.1. The number of carboxylic acid groups (broad SMARTS) is 1. The van der Waals surface area contributed by atoms with Crippen molar-refractivity contribution in [2.75, 3.05) is 0 Å². The Hall–Kier alpha value is -2.47. The van der Waals surface area contributed by atoms with E-state index >= 15 is 0 Å². The molecule has 128 valence electrons. The van der Waals surface area contributed by atoms with Crippen LogP contribution in [-0.2, 0) is 24.1 Å². The van der Waals surface area contributed by atoms with E-state index < -0.39 is 12.0 Å². The SMILES string of the molecule is CC(C(=O)O)n1c(Cc2ccccc2)nc2sc3c(c2c1=O)CCC3. The van der Waals surface area contributed by atoms with E-state index in [0.717, 1.165) is 35.2 Å². The second-order valence-electron chi connectivity index (χ2n) is 6.42. The van der Waals surface area contributed by atoms with Crippen LogP contribution >= 0.6 is 11.3 Å². The van der Waals surface area contributed by atoms with Gasteiger partial charge in [0.15, 0.2) is 0 Å². The van der Waals surface area contributed by atoms with Crippen LogP contribution in [0, 0.1) is 0 Å². The predicted octanol–water partition coefficient (Wildman–Crippen LogP) is 3.18. The molecule has 0 fully saturated rings. The number of thiophene rings is 1. The van der Waals surface area contributed by atoms with Crippen molar-refractivity contribution in [3.05, 3.63) is 62.5 Å². The third-order valence-corrected chi connectivity index (χ3v) is 5.98. The zero-order chi connectivity index (χ0) is 17.6. The van der Waals surface area contributed by atoms with Gasteiger partial charge in [-0.1, -0.05) is 30.3 Å². The van der Waals surface area contributed by atoms with Gasteiger partial charge in [-0.15, -0.1) is 11.3 Å². The standard InChI is InChI=1S/C19H18N2O3S/c1-11(19(23)24)21-15(10-12-6-3-2-4-7-12)20-17-16(18(21)22)13-8-5-9-14(13)25-17/h2-4,6-7,11H,5,8-10H2,1H3,(H,23,24). The van der Waals surface area contributed by atoms with Gasteiger partial charge in [0.05, 0.1) is 5.39 Å². The van der Waals surface area contributed by atoms with Gasteiger partial charge >= 0.3 is 5.97 Å². The van der Waals surface area contributed by atoms with Crippen molar-refractivity contribution in [1.82, 2.24) is 9.55 Å². The number of fused-ring (bicyclic) bond motifs is 3. The fourth-order valence-electron chi connectivity index (χ4n) is 3.51. The molecule has 1 unspecified atom stereocenters. The van der Waals surface area contributed by atoms with Crippen LogP contribution in [0.3, 0.4) is 0 Å². The molecule has 1 aromatic carbocycles. The van der Waals surface area contributed by atoms with Crippen LogP contribution in [0.4, 0.5) is 0 Å². The summed E-state index contributed by atoms with van der Waals surface area (Å²) in [6.45, 7) is 1.54. The minimum absolute atomic E-state index is 0.217. The minimum Gasteiger partial charge on any atom is -0.480 e. The molecule has 1 aliphatic rings. The lowest BCUT2D eigenvalue weighted by Crippen LogP contribution is -2.32. The van der Waals surface area contributed by atoms with Crippen LogP contribution in [0.1, 0.15) is 41.2 Å². The van der Waals surface area contributed by atoms with Gasteiger partial charge in [0, 0.05) is 11.3 Å². The summed E-state index contributed by atoms with van der Waals surface area (Å²) < 4.78 is 1.36. The molecule has 5 nitrogen and oxygen atoms in total. The minimum atomic E-state index is -1.02. The monoisotopic (exact) mass is 354 g/mol. The average molecular weight is 354 g/mol. The Morgan fingerprint density at radius 3 is 2.80 bits per heavy atom. The number of aliphatic carboxylic acids is 1. The van der Waals surface area contributed by atoms with Gasteiger partial charge in [-0.05, 0) is 37.3 Å². The Morgan fingerprint density at radius 1 is 1.32 bits per heavy atom. The number of rotatable bonds is 4. The van der Waals surface area contributed by atoms with Crippen LogP contribution in [0.25, 0.3) is 10.2 Å².